The Labute approximate surface area is 158 Å². The van der Waals surface area contributed by atoms with E-state index in [2.05, 4.69) is 20.2 Å². The maximum absolute atomic E-state index is 12.6. The number of hydrogen-bond donors (Lipinski definition) is 1. The molecule has 0 aromatic carbocycles. The molecule has 1 aliphatic rings. The zero-order valence-electron chi connectivity index (χ0n) is 15.0. The summed E-state index contributed by atoms with van der Waals surface area (Å²) in [6.45, 7) is 5.44. The van der Waals surface area contributed by atoms with Gasteiger partial charge in [0.2, 0.25) is 11.8 Å². The quantitative estimate of drug-likeness (QED) is 0.862. The van der Waals surface area contributed by atoms with Crippen LogP contribution in [0.1, 0.15) is 26.7 Å². The van der Waals surface area contributed by atoms with Crippen LogP contribution in [0.25, 0.3) is 0 Å². The molecule has 1 aliphatic heterocycles. The smallest absolute Gasteiger partial charge is 0.238 e. The van der Waals surface area contributed by atoms with Crippen molar-refractivity contribution in [2.45, 2.75) is 32.8 Å². The van der Waals surface area contributed by atoms with Crippen molar-refractivity contribution in [3.63, 3.8) is 0 Å². The van der Waals surface area contributed by atoms with E-state index in [4.69, 9.17) is 16.3 Å². The lowest BCUT2D eigenvalue weighted by atomic mass is 9.96. The Hall–Kier alpha value is -2.34. The Morgan fingerprint density at radius 1 is 1.27 bits per heavy atom. The van der Waals surface area contributed by atoms with Crippen molar-refractivity contribution in [2.75, 3.05) is 23.3 Å². The van der Waals surface area contributed by atoms with Gasteiger partial charge in [-0.15, -0.1) is 0 Å². The molecule has 0 saturated carbocycles. The van der Waals surface area contributed by atoms with E-state index in [-0.39, 0.29) is 17.9 Å². The van der Waals surface area contributed by atoms with E-state index in [0.717, 1.165) is 31.7 Å². The predicted molar refractivity (Wildman–Crippen MR) is 103 cm³/mol. The number of carbonyl (C=O) groups excluding carboxylic acids is 1. The molecular formula is C19H23ClN4O2. The summed E-state index contributed by atoms with van der Waals surface area (Å²) >= 11 is 5.89. The van der Waals surface area contributed by atoms with Gasteiger partial charge >= 0.3 is 0 Å². The zero-order valence-corrected chi connectivity index (χ0v) is 15.7. The second-order valence-electron chi connectivity index (χ2n) is 6.61. The maximum atomic E-state index is 12.6. The van der Waals surface area contributed by atoms with Crippen molar-refractivity contribution in [3.8, 4) is 5.88 Å². The number of hydrogen-bond acceptors (Lipinski definition) is 5. The molecule has 0 radical (unpaired) electrons. The number of nitrogens with zero attached hydrogens (tertiary/aromatic N) is 3. The van der Waals surface area contributed by atoms with E-state index in [1.807, 2.05) is 32.0 Å². The van der Waals surface area contributed by atoms with E-state index in [0.29, 0.717) is 16.6 Å². The van der Waals surface area contributed by atoms with Crippen LogP contribution in [0, 0.1) is 5.92 Å². The van der Waals surface area contributed by atoms with Crippen molar-refractivity contribution in [1.29, 1.82) is 0 Å². The number of pyridine rings is 2. The van der Waals surface area contributed by atoms with Gasteiger partial charge in [-0.05, 0) is 51.0 Å². The molecule has 6 nitrogen and oxygen atoms in total. The van der Waals surface area contributed by atoms with E-state index < -0.39 is 0 Å². The van der Waals surface area contributed by atoms with Gasteiger partial charge in [-0.1, -0.05) is 11.6 Å². The highest BCUT2D eigenvalue weighted by Crippen LogP contribution is 2.26. The second kappa shape index (κ2) is 8.36. The fourth-order valence-corrected chi connectivity index (χ4v) is 3.08. The van der Waals surface area contributed by atoms with Crippen molar-refractivity contribution >= 4 is 29.0 Å². The number of anilines is 2. The van der Waals surface area contributed by atoms with Crippen molar-refractivity contribution in [1.82, 2.24) is 9.97 Å². The lowest BCUT2D eigenvalue weighted by Crippen LogP contribution is -2.38. The normalized spacial score (nSPS) is 15.2. The fourth-order valence-electron chi connectivity index (χ4n) is 2.96. The average molecular weight is 375 g/mol. The van der Waals surface area contributed by atoms with Crippen LogP contribution in [0.3, 0.4) is 0 Å². The second-order valence-corrected chi connectivity index (χ2v) is 7.04. The maximum Gasteiger partial charge on any atom is 0.238 e. The summed E-state index contributed by atoms with van der Waals surface area (Å²) in [6.07, 6.45) is 4.85. The number of piperidine rings is 1. The first-order chi connectivity index (χ1) is 12.5. The van der Waals surface area contributed by atoms with Crippen molar-refractivity contribution in [2.24, 2.45) is 5.92 Å². The third-order valence-corrected chi connectivity index (χ3v) is 4.50. The molecule has 1 fully saturated rings. The van der Waals surface area contributed by atoms with E-state index in [1.165, 1.54) is 0 Å². The first kappa shape index (κ1) is 18.5. The highest BCUT2D eigenvalue weighted by molar-refractivity contribution is 6.30. The topological polar surface area (TPSA) is 67.3 Å². The molecule has 0 unspecified atom stereocenters. The molecule has 1 saturated heterocycles. The van der Waals surface area contributed by atoms with Gasteiger partial charge in [0, 0.05) is 31.4 Å². The number of carbonyl (C=O) groups is 1. The Morgan fingerprint density at radius 2 is 2.04 bits per heavy atom. The Kier molecular flexibility index (Phi) is 5.93. The molecule has 0 aliphatic carbocycles. The molecule has 138 valence electrons. The summed E-state index contributed by atoms with van der Waals surface area (Å²) < 4.78 is 5.66. The van der Waals surface area contributed by atoms with E-state index in [9.17, 15) is 4.79 Å². The molecule has 0 bridgehead atoms. The van der Waals surface area contributed by atoms with Crippen LogP contribution in [-0.2, 0) is 4.79 Å². The first-order valence-electron chi connectivity index (χ1n) is 8.82. The third kappa shape index (κ3) is 4.64. The number of ether oxygens (including phenoxy) is 1. The van der Waals surface area contributed by atoms with Crippen LogP contribution in [0.4, 0.5) is 11.5 Å². The van der Waals surface area contributed by atoms with Crippen LogP contribution in [-0.4, -0.2) is 35.1 Å². The minimum atomic E-state index is -0.0364. The number of nitrogens with one attached hydrogen (secondary N) is 1. The number of rotatable bonds is 5. The Bertz CT molecular complexity index is 743. The van der Waals surface area contributed by atoms with E-state index >= 15 is 0 Å². The SMILES string of the molecule is CC(C)Oc1ncccc1NC(=O)C1CCN(c2ccc(Cl)cn2)CC1. The molecule has 2 aromatic heterocycles. The van der Waals surface area contributed by atoms with Gasteiger partial charge in [0.05, 0.1) is 11.1 Å². The summed E-state index contributed by atoms with van der Waals surface area (Å²) in [7, 11) is 0. The predicted octanol–water partition coefficient (Wildman–Crippen LogP) is 3.77. The largest absolute Gasteiger partial charge is 0.473 e. The molecule has 2 aromatic rings. The van der Waals surface area contributed by atoms with Gasteiger partial charge in [0.15, 0.2) is 0 Å². The lowest BCUT2D eigenvalue weighted by Gasteiger charge is -2.32. The first-order valence-corrected chi connectivity index (χ1v) is 9.20. The van der Waals surface area contributed by atoms with Crippen LogP contribution < -0.4 is 15.0 Å². The molecule has 3 rings (SSSR count). The standard InChI is InChI=1S/C19H23ClN4O2/c1-13(2)26-19-16(4-3-9-21-19)23-18(25)14-7-10-24(11-8-14)17-6-5-15(20)12-22-17/h3-6,9,12-14H,7-8,10-11H2,1-2H3,(H,23,25). The van der Waals surface area contributed by atoms with Crippen LogP contribution >= 0.6 is 11.6 Å². The summed E-state index contributed by atoms with van der Waals surface area (Å²) in [5, 5.41) is 3.59. The summed E-state index contributed by atoms with van der Waals surface area (Å²) in [4.78, 5) is 23.4. The van der Waals surface area contributed by atoms with Gasteiger partial charge in [0.1, 0.15) is 11.5 Å². The Balaban J connectivity index is 1.58. The summed E-state index contributed by atoms with van der Waals surface area (Å²) in [5.74, 6) is 1.33. The van der Waals surface area contributed by atoms with Gasteiger partial charge in [0.25, 0.3) is 0 Å². The molecule has 3 heterocycles. The molecular weight excluding hydrogens is 352 g/mol. The van der Waals surface area contributed by atoms with Crippen LogP contribution in [0.5, 0.6) is 5.88 Å². The Morgan fingerprint density at radius 3 is 2.69 bits per heavy atom. The summed E-state index contributed by atoms with van der Waals surface area (Å²) in [5.41, 5.74) is 0.619. The monoisotopic (exact) mass is 374 g/mol. The third-order valence-electron chi connectivity index (χ3n) is 4.28. The number of amides is 1. The molecule has 1 N–H and O–H groups in total. The molecule has 1 amide bonds. The number of aromatic nitrogens is 2. The van der Waals surface area contributed by atoms with E-state index in [1.54, 1.807) is 18.5 Å². The average Bonchev–Trinajstić information content (AvgIpc) is 2.64. The molecule has 0 atom stereocenters. The van der Waals surface area contributed by atoms with Crippen LogP contribution in [0.2, 0.25) is 5.02 Å². The summed E-state index contributed by atoms with van der Waals surface area (Å²) in [6, 6.07) is 7.35. The van der Waals surface area contributed by atoms with Gasteiger partial charge in [-0.3, -0.25) is 4.79 Å². The molecule has 7 heteroatoms. The number of halogens is 1. The minimum Gasteiger partial charge on any atom is -0.473 e. The highest BCUT2D eigenvalue weighted by atomic mass is 35.5. The van der Waals surface area contributed by atoms with Gasteiger partial charge in [-0.25, -0.2) is 9.97 Å². The van der Waals surface area contributed by atoms with Crippen LogP contribution in [0.15, 0.2) is 36.7 Å². The lowest BCUT2D eigenvalue weighted by molar-refractivity contribution is -0.120. The zero-order chi connectivity index (χ0) is 18.5. The van der Waals surface area contributed by atoms with Crippen molar-refractivity contribution < 1.29 is 9.53 Å². The minimum absolute atomic E-state index is 0.00401. The fraction of sp³-hybridized carbons (Fsp3) is 0.421. The van der Waals surface area contributed by atoms with Gasteiger partial charge in [-0.2, -0.15) is 0 Å². The molecule has 26 heavy (non-hydrogen) atoms. The van der Waals surface area contributed by atoms with Crippen molar-refractivity contribution in [3.05, 3.63) is 41.7 Å². The van der Waals surface area contributed by atoms with Gasteiger partial charge < -0.3 is 15.0 Å². The highest BCUT2D eigenvalue weighted by Gasteiger charge is 2.26. The molecule has 0 spiro atoms.